The van der Waals surface area contributed by atoms with Gasteiger partial charge in [0.25, 0.3) is 0 Å². The largest absolute Gasteiger partial charge is 0.476 e. The summed E-state index contributed by atoms with van der Waals surface area (Å²) in [5.74, 6) is 2.82. The van der Waals surface area contributed by atoms with Crippen LogP contribution < -0.4 is 0 Å². The highest BCUT2D eigenvalue weighted by atomic mass is 16.4. The first-order valence-corrected chi connectivity index (χ1v) is 7.81. The van der Waals surface area contributed by atoms with Crippen LogP contribution in [0.1, 0.15) is 59.8 Å². The first-order valence-electron chi connectivity index (χ1n) is 7.81. The van der Waals surface area contributed by atoms with E-state index in [-0.39, 0.29) is 0 Å². The van der Waals surface area contributed by atoms with Crippen molar-refractivity contribution >= 4 is 5.97 Å². The molecule has 5 rings (SSSR count). The van der Waals surface area contributed by atoms with Gasteiger partial charge in [-0.05, 0) is 68.6 Å². The number of nitrogens with zero attached hydrogens (tertiary/aromatic N) is 2. The topological polar surface area (TPSA) is 55.1 Å². The minimum Gasteiger partial charge on any atom is -0.476 e. The molecule has 0 unspecified atom stereocenters. The van der Waals surface area contributed by atoms with Crippen LogP contribution in [0.4, 0.5) is 0 Å². The van der Waals surface area contributed by atoms with Crippen molar-refractivity contribution in [3.63, 3.8) is 0 Å². The smallest absolute Gasteiger partial charge is 0.356 e. The summed E-state index contributed by atoms with van der Waals surface area (Å²) in [4.78, 5) is 11.5. The van der Waals surface area contributed by atoms with Crippen LogP contribution in [0, 0.1) is 30.6 Å². The average Bonchev–Trinajstić information content (AvgIpc) is 2.66. The predicted molar refractivity (Wildman–Crippen MR) is 74.7 cm³/mol. The van der Waals surface area contributed by atoms with E-state index < -0.39 is 5.97 Å². The van der Waals surface area contributed by atoms with Gasteiger partial charge in [0.05, 0.1) is 0 Å². The number of aryl methyl sites for hydroxylation is 1. The Bertz CT molecular complexity index is 547. The molecule has 4 saturated carbocycles. The van der Waals surface area contributed by atoms with Crippen LogP contribution in [0.3, 0.4) is 0 Å². The Morgan fingerprint density at radius 2 is 1.70 bits per heavy atom. The summed E-state index contributed by atoms with van der Waals surface area (Å²) in [7, 11) is 1.86. The van der Waals surface area contributed by atoms with Gasteiger partial charge in [0, 0.05) is 18.3 Å². The molecule has 108 valence electrons. The average molecular weight is 274 g/mol. The maximum Gasteiger partial charge on any atom is 0.356 e. The lowest BCUT2D eigenvalue weighted by atomic mass is 9.50. The van der Waals surface area contributed by atoms with Crippen molar-refractivity contribution in [2.45, 2.75) is 44.9 Å². The number of carboxylic acid groups (broad SMARTS) is 1. The second-order valence-electron chi connectivity index (χ2n) is 7.23. The molecule has 1 N–H and O–H groups in total. The molecule has 20 heavy (non-hydrogen) atoms. The monoisotopic (exact) mass is 274 g/mol. The van der Waals surface area contributed by atoms with Gasteiger partial charge >= 0.3 is 5.97 Å². The van der Waals surface area contributed by atoms with Gasteiger partial charge in [-0.25, -0.2) is 4.79 Å². The highest BCUT2D eigenvalue weighted by Gasteiger charge is 2.50. The van der Waals surface area contributed by atoms with Crippen molar-refractivity contribution in [1.29, 1.82) is 0 Å². The molecule has 0 saturated heterocycles. The molecule has 0 atom stereocenters. The van der Waals surface area contributed by atoms with E-state index in [1.165, 1.54) is 32.1 Å². The van der Waals surface area contributed by atoms with Crippen LogP contribution in [0.2, 0.25) is 0 Å². The Morgan fingerprint density at radius 3 is 2.20 bits per heavy atom. The number of carboxylic acids is 1. The summed E-state index contributed by atoms with van der Waals surface area (Å²) < 4.78 is 1.75. The Morgan fingerprint density at radius 1 is 1.15 bits per heavy atom. The lowest BCUT2D eigenvalue weighted by molar-refractivity contribution is -0.00338. The maximum atomic E-state index is 11.5. The van der Waals surface area contributed by atoms with Gasteiger partial charge < -0.3 is 5.11 Å². The molecule has 0 spiro atoms. The van der Waals surface area contributed by atoms with Crippen molar-refractivity contribution in [2.24, 2.45) is 30.7 Å². The van der Waals surface area contributed by atoms with Gasteiger partial charge in [-0.15, -0.1) is 0 Å². The minimum absolute atomic E-state index is 0.308. The number of hydrogen-bond donors (Lipinski definition) is 1. The number of hydrogen-bond acceptors (Lipinski definition) is 2. The molecule has 4 bridgehead atoms. The Balaban J connectivity index is 1.80. The quantitative estimate of drug-likeness (QED) is 0.902. The van der Waals surface area contributed by atoms with Crippen LogP contribution in [0.25, 0.3) is 0 Å². The van der Waals surface area contributed by atoms with Gasteiger partial charge in [0.15, 0.2) is 5.69 Å². The standard InChI is InChI=1S/C16H22N2O2/c1-8-13(15(16(19)20)17-18(8)2)14-11-4-9-3-10(6-11)7-12(14)5-9/h9-12,14H,3-7H2,1-2H3,(H,19,20). The molecule has 4 nitrogen and oxygen atoms in total. The Labute approximate surface area is 119 Å². The van der Waals surface area contributed by atoms with Crippen molar-refractivity contribution in [3.8, 4) is 0 Å². The van der Waals surface area contributed by atoms with E-state index in [0.29, 0.717) is 23.4 Å². The van der Waals surface area contributed by atoms with E-state index in [4.69, 9.17) is 0 Å². The fourth-order valence-corrected chi connectivity index (χ4v) is 5.58. The zero-order valence-corrected chi connectivity index (χ0v) is 12.2. The van der Waals surface area contributed by atoms with Gasteiger partial charge in [-0.1, -0.05) is 0 Å². The molecule has 4 fully saturated rings. The van der Waals surface area contributed by atoms with E-state index in [9.17, 15) is 9.90 Å². The minimum atomic E-state index is -0.863. The van der Waals surface area contributed by atoms with Crippen LogP contribution in [0.5, 0.6) is 0 Å². The second kappa shape index (κ2) is 4.09. The molecule has 1 heterocycles. The summed E-state index contributed by atoms with van der Waals surface area (Å²) >= 11 is 0. The second-order valence-corrected chi connectivity index (χ2v) is 7.23. The molecule has 0 aromatic carbocycles. The lowest BCUT2D eigenvalue weighted by Crippen LogP contribution is -2.44. The van der Waals surface area contributed by atoms with E-state index in [2.05, 4.69) is 5.10 Å². The third kappa shape index (κ3) is 1.60. The van der Waals surface area contributed by atoms with Crippen molar-refractivity contribution < 1.29 is 9.90 Å². The molecule has 0 amide bonds. The molecule has 0 radical (unpaired) electrons. The van der Waals surface area contributed by atoms with Gasteiger partial charge in [-0.2, -0.15) is 5.10 Å². The summed E-state index contributed by atoms with van der Waals surface area (Å²) in [6, 6.07) is 0. The Kier molecular flexibility index (Phi) is 2.54. The zero-order valence-electron chi connectivity index (χ0n) is 12.2. The highest BCUT2D eigenvalue weighted by Crippen LogP contribution is 2.60. The fraction of sp³-hybridized carbons (Fsp3) is 0.750. The third-order valence-corrected chi connectivity index (χ3v) is 6.14. The van der Waals surface area contributed by atoms with E-state index in [1.54, 1.807) is 4.68 Å². The number of aromatic nitrogens is 2. The van der Waals surface area contributed by atoms with Gasteiger partial charge in [0.1, 0.15) is 0 Å². The molecular formula is C16H22N2O2. The van der Waals surface area contributed by atoms with Crippen LogP contribution >= 0.6 is 0 Å². The van der Waals surface area contributed by atoms with E-state index in [1.807, 2.05) is 14.0 Å². The summed E-state index contributed by atoms with van der Waals surface area (Å²) in [5, 5.41) is 13.7. The molecule has 4 aliphatic rings. The molecule has 4 heteroatoms. The van der Waals surface area contributed by atoms with Gasteiger partial charge in [-0.3, -0.25) is 4.68 Å². The zero-order chi connectivity index (χ0) is 14.0. The molecular weight excluding hydrogens is 252 g/mol. The SMILES string of the molecule is Cc1c(C2C3CC4CC(C3)CC2C4)c(C(=O)O)nn1C. The predicted octanol–water partition coefficient (Wildman–Crippen LogP) is 2.97. The Hall–Kier alpha value is -1.32. The molecule has 1 aromatic rings. The van der Waals surface area contributed by atoms with Crippen LogP contribution in [0.15, 0.2) is 0 Å². The van der Waals surface area contributed by atoms with Crippen molar-refractivity contribution in [3.05, 3.63) is 17.0 Å². The van der Waals surface area contributed by atoms with E-state index in [0.717, 1.165) is 23.1 Å². The third-order valence-electron chi connectivity index (χ3n) is 6.14. The van der Waals surface area contributed by atoms with Crippen LogP contribution in [-0.4, -0.2) is 20.9 Å². The molecule has 0 aliphatic heterocycles. The molecule has 4 aliphatic carbocycles. The molecule has 1 aromatic heterocycles. The summed E-state index contributed by atoms with van der Waals surface area (Å²) in [6.45, 7) is 2.03. The highest BCUT2D eigenvalue weighted by molar-refractivity contribution is 5.87. The fourth-order valence-electron chi connectivity index (χ4n) is 5.58. The number of rotatable bonds is 2. The van der Waals surface area contributed by atoms with Crippen LogP contribution in [-0.2, 0) is 7.05 Å². The first-order chi connectivity index (χ1) is 9.54. The van der Waals surface area contributed by atoms with Gasteiger partial charge in [0.2, 0.25) is 0 Å². The lowest BCUT2D eigenvalue weighted by Gasteiger charge is -2.54. The van der Waals surface area contributed by atoms with Crippen molar-refractivity contribution in [2.75, 3.05) is 0 Å². The normalized spacial score (nSPS) is 38.4. The number of aromatic carboxylic acids is 1. The summed E-state index contributed by atoms with van der Waals surface area (Å²) in [6.07, 6.45) is 6.67. The maximum absolute atomic E-state index is 11.5. The first kappa shape index (κ1) is 12.4. The number of carbonyl (C=O) groups is 1. The summed E-state index contributed by atoms with van der Waals surface area (Å²) in [5.41, 5.74) is 2.41. The van der Waals surface area contributed by atoms with Crippen molar-refractivity contribution in [1.82, 2.24) is 9.78 Å². The van der Waals surface area contributed by atoms with E-state index >= 15 is 0 Å².